The number of hydrogen-bond donors (Lipinski definition) is 0. The van der Waals surface area contributed by atoms with Crippen LogP contribution in [-0.4, -0.2) is 4.98 Å². The minimum Gasteiger partial charge on any atom is -0.244 e. The van der Waals surface area contributed by atoms with E-state index in [4.69, 9.17) is 40.1 Å². The van der Waals surface area contributed by atoms with E-state index in [0.29, 0.717) is 20.8 Å². The summed E-state index contributed by atoms with van der Waals surface area (Å²) >= 11 is 17.8. The van der Waals surface area contributed by atoms with Crippen LogP contribution in [-0.2, 0) is 6.42 Å². The van der Waals surface area contributed by atoms with Crippen LogP contribution in [0, 0.1) is 11.3 Å². The Kier molecular flexibility index (Phi) is 4.08. The molecule has 5 heteroatoms. The Bertz CT molecular complexity index is 612. The van der Waals surface area contributed by atoms with Crippen molar-refractivity contribution >= 4 is 34.8 Å². The summed E-state index contributed by atoms with van der Waals surface area (Å²) in [6.07, 6.45) is 1.85. The molecule has 0 radical (unpaired) electrons. The number of benzene rings is 1. The number of pyridine rings is 1. The first kappa shape index (κ1) is 13.2. The molecule has 0 fully saturated rings. The molecule has 0 saturated carbocycles. The Morgan fingerprint density at radius 2 is 1.67 bits per heavy atom. The van der Waals surface area contributed by atoms with Gasteiger partial charge in [0.1, 0.15) is 5.15 Å². The van der Waals surface area contributed by atoms with Crippen LogP contribution in [0.3, 0.4) is 0 Å². The Balaban J connectivity index is 2.51. The molecule has 0 atom stereocenters. The summed E-state index contributed by atoms with van der Waals surface area (Å²) in [5.41, 5.74) is 2.36. The molecule has 0 unspecified atom stereocenters. The van der Waals surface area contributed by atoms with Crippen LogP contribution in [0.2, 0.25) is 15.2 Å². The number of nitrogens with zero attached hydrogens (tertiary/aromatic N) is 2. The van der Waals surface area contributed by atoms with Gasteiger partial charge in [-0.3, -0.25) is 0 Å². The summed E-state index contributed by atoms with van der Waals surface area (Å²) < 4.78 is 0. The summed E-state index contributed by atoms with van der Waals surface area (Å²) in [4.78, 5) is 4.06. The summed E-state index contributed by atoms with van der Waals surface area (Å²) in [6, 6.07) is 9.10. The molecule has 1 aromatic heterocycles. The molecule has 0 N–H and O–H groups in total. The average molecular weight is 298 g/mol. The van der Waals surface area contributed by atoms with Crippen molar-refractivity contribution in [1.29, 1.82) is 5.26 Å². The second kappa shape index (κ2) is 5.58. The van der Waals surface area contributed by atoms with Crippen molar-refractivity contribution in [3.05, 3.63) is 51.2 Å². The van der Waals surface area contributed by atoms with Gasteiger partial charge in [-0.1, -0.05) is 34.8 Å². The van der Waals surface area contributed by atoms with Crippen molar-refractivity contribution in [3.8, 4) is 17.2 Å². The van der Waals surface area contributed by atoms with Gasteiger partial charge in [0.05, 0.1) is 12.5 Å². The Labute approximate surface area is 120 Å². The molecule has 0 bridgehead atoms. The van der Waals surface area contributed by atoms with Gasteiger partial charge in [-0.05, 0) is 29.8 Å². The summed E-state index contributed by atoms with van der Waals surface area (Å²) in [5.74, 6) is 0. The van der Waals surface area contributed by atoms with E-state index >= 15 is 0 Å². The molecule has 0 saturated heterocycles. The molecule has 0 amide bonds. The lowest BCUT2D eigenvalue weighted by Crippen LogP contribution is -1.89. The van der Waals surface area contributed by atoms with Gasteiger partial charge >= 0.3 is 0 Å². The fraction of sp³-hybridized carbons (Fsp3) is 0.0769. The van der Waals surface area contributed by atoms with Gasteiger partial charge in [0.25, 0.3) is 0 Å². The molecule has 2 aromatic rings. The zero-order valence-electron chi connectivity index (χ0n) is 9.12. The summed E-state index contributed by atoms with van der Waals surface area (Å²) in [5, 5.41) is 10.2. The fourth-order valence-corrected chi connectivity index (χ4v) is 2.28. The van der Waals surface area contributed by atoms with E-state index in [0.717, 1.165) is 11.1 Å². The second-order valence-electron chi connectivity index (χ2n) is 3.67. The Hall–Kier alpha value is -1.27. The first-order valence-corrected chi connectivity index (χ1v) is 6.21. The first-order valence-electron chi connectivity index (χ1n) is 5.08. The Morgan fingerprint density at radius 1 is 1.00 bits per heavy atom. The standard InChI is InChI=1S/C13H7Cl3N2/c14-11-4-9(5-12(15)6-11)10-3-8(1-2-17)13(16)18-7-10/h3-7H,1H2. The average Bonchev–Trinajstić information content (AvgIpc) is 2.31. The van der Waals surface area contributed by atoms with E-state index < -0.39 is 0 Å². The maximum atomic E-state index is 8.72. The highest BCUT2D eigenvalue weighted by molar-refractivity contribution is 6.35. The third kappa shape index (κ3) is 2.94. The fourth-order valence-electron chi connectivity index (χ4n) is 1.58. The lowest BCUT2D eigenvalue weighted by Gasteiger charge is -2.06. The lowest BCUT2D eigenvalue weighted by molar-refractivity contribution is 1.19. The molecule has 1 heterocycles. The van der Waals surface area contributed by atoms with Crippen LogP contribution in [0.5, 0.6) is 0 Å². The number of nitriles is 1. The number of rotatable bonds is 2. The molecule has 18 heavy (non-hydrogen) atoms. The minimum atomic E-state index is 0.216. The Morgan fingerprint density at radius 3 is 2.28 bits per heavy atom. The van der Waals surface area contributed by atoms with Crippen molar-refractivity contribution in [3.63, 3.8) is 0 Å². The molecule has 0 aliphatic carbocycles. The topological polar surface area (TPSA) is 36.7 Å². The first-order chi connectivity index (χ1) is 8.60. The molecular weight excluding hydrogens is 291 g/mol. The van der Waals surface area contributed by atoms with Crippen molar-refractivity contribution in [2.75, 3.05) is 0 Å². The normalized spacial score (nSPS) is 10.1. The third-order valence-corrected chi connectivity index (χ3v) is 3.15. The van der Waals surface area contributed by atoms with E-state index in [1.54, 1.807) is 24.4 Å². The van der Waals surface area contributed by atoms with Gasteiger partial charge in [-0.2, -0.15) is 5.26 Å². The van der Waals surface area contributed by atoms with Crippen molar-refractivity contribution in [1.82, 2.24) is 4.98 Å². The van der Waals surface area contributed by atoms with Crippen LogP contribution in [0.15, 0.2) is 30.5 Å². The predicted molar refractivity (Wildman–Crippen MR) is 74.0 cm³/mol. The molecule has 90 valence electrons. The molecule has 2 nitrogen and oxygen atoms in total. The van der Waals surface area contributed by atoms with Crippen LogP contribution in [0.4, 0.5) is 0 Å². The maximum absolute atomic E-state index is 8.72. The molecule has 0 aliphatic heterocycles. The smallest absolute Gasteiger partial charge is 0.133 e. The van der Waals surface area contributed by atoms with E-state index in [2.05, 4.69) is 4.98 Å². The number of halogens is 3. The molecule has 1 aromatic carbocycles. The molecule has 0 spiro atoms. The van der Waals surface area contributed by atoms with Crippen LogP contribution >= 0.6 is 34.8 Å². The number of aromatic nitrogens is 1. The van der Waals surface area contributed by atoms with Gasteiger partial charge in [0, 0.05) is 27.4 Å². The van der Waals surface area contributed by atoms with E-state index in [1.165, 1.54) is 0 Å². The molecule has 2 rings (SSSR count). The van der Waals surface area contributed by atoms with Crippen LogP contribution in [0.1, 0.15) is 5.56 Å². The van der Waals surface area contributed by atoms with Gasteiger partial charge in [-0.15, -0.1) is 0 Å². The van der Waals surface area contributed by atoms with E-state index in [1.807, 2.05) is 12.1 Å². The van der Waals surface area contributed by atoms with Gasteiger partial charge in [0.2, 0.25) is 0 Å². The van der Waals surface area contributed by atoms with Crippen molar-refractivity contribution < 1.29 is 0 Å². The largest absolute Gasteiger partial charge is 0.244 e. The quantitative estimate of drug-likeness (QED) is 0.748. The highest BCUT2D eigenvalue weighted by Crippen LogP contribution is 2.28. The third-order valence-electron chi connectivity index (χ3n) is 2.38. The highest BCUT2D eigenvalue weighted by atomic mass is 35.5. The zero-order valence-corrected chi connectivity index (χ0v) is 11.4. The van der Waals surface area contributed by atoms with Gasteiger partial charge in [0.15, 0.2) is 0 Å². The van der Waals surface area contributed by atoms with Crippen molar-refractivity contribution in [2.24, 2.45) is 0 Å². The van der Waals surface area contributed by atoms with Crippen LogP contribution in [0.25, 0.3) is 11.1 Å². The lowest BCUT2D eigenvalue weighted by atomic mass is 10.1. The van der Waals surface area contributed by atoms with Crippen molar-refractivity contribution in [2.45, 2.75) is 6.42 Å². The zero-order chi connectivity index (χ0) is 13.1. The van der Waals surface area contributed by atoms with Crippen LogP contribution < -0.4 is 0 Å². The predicted octanol–water partition coefficient (Wildman–Crippen LogP) is 4.77. The SMILES string of the molecule is N#CCc1cc(-c2cc(Cl)cc(Cl)c2)cnc1Cl. The van der Waals surface area contributed by atoms with Gasteiger partial charge < -0.3 is 0 Å². The minimum absolute atomic E-state index is 0.216. The highest BCUT2D eigenvalue weighted by Gasteiger charge is 2.06. The molecular formula is C13H7Cl3N2. The van der Waals surface area contributed by atoms with E-state index in [-0.39, 0.29) is 6.42 Å². The second-order valence-corrected chi connectivity index (χ2v) is 4.90. The maximum Gasteiger partial charge on any atom is 0.133 e. The monoisotopic (exact) mass is 296 g/mol. The summed E-state index contributed by atoms with van der Waals surface area (Å²) in [6.45, 7) is 0. The molecule has 0 aliphatic rings. The number of hydrogen-bond acceptors (Lipinski definition) is 2. The van der Waals surface area contributed by atoms with Gasteiger partial charge in [-0.25, -0.2) is 4.98 Å². The summed E-state index contributed by atoms with van der Waals surface area (Å²) in [7, 11) is 0. The van der Waals surface area contributed by atoms with E-state index in [9.17, 15) is 0 Å².